The number of aromatic nitrogens is 2. The van der Waals surface area contributed by atoms with Crippen molar-refractivity contribution in [3.8, 4) is 0 Å². The van der Waals surface area contributed by atoms with Gasteiger partial charge >= 0.3 is 0 Å². The summed E-state index contributed by atoms with van der Waals surface area (Å²) in [6.07, 6.45) is 4.92. The molecule has 3 rings (SSSR count). The summed E-state index contributed by atoms with van der Waals surface area (Å²) < 4.78 is 0. The minimum absolute atomic E-state index is 0.0381. The molecule has 0 N–H and O–H groups in total. The lowest BCUT2D eigenvalue weighted by molar-refractivity contribution is 0.104. The number of carbonyl (C=O) groups excluding carboxylic acids is 1. The highest BCUT2D eigenvalue weighted by Crippen LogP contribution is 2.25. The molecule has 1 aromatic carbocycles. The van der Waals surface area contributed by atoms with Crippen LogP contribution in [0.25, 0.3) is 16.8 Å². The second kappa shape index (κ2) is 2.48. The van der Waals surface area contributed by atoms with Crippen LogP contribution in [0.5, 0.6) is 0 Å². The molecule has 0 amide bonds. The second-order valence-electron chi connectivity index (χ2n) is 3.20. The van der Waals surface area contributed by atoms with E-state index in [0.717, 1.165) is 22.0 Å². The monoisotopic (exact) mass is 182 g/mol. The van der Waals surface area contributed by atoms with Crippen LogP contribution >= 0.6 is 0 Å². The number of rotatable bonds is 0. The van der Waals surface area contributed by atoms with Gasteiger partial charge in [0.2, 0.25) is 0 Å². The highest BCUT2D eigenvalue weighted by Gasteiger charge is 2.14. The van der Waals surface area contributed by atoms with Crippen LogP contribution in [0.15, 0.2) is 30.5 Å². The highest BCUT2D eigenvalue weighted by molar-refractivity contribution is 6.19. The van der Waals surface area contributed by atoms with Gasteiger partial charge in [0.1, 0.15) is 0 Å². The molecule has 0 bridgehead atoms. The maximum absolute atomic E-state index is 11.5. The van der Waals surface area contributed by atoms with E-state index < -0.39 is 0 Å². The predicted octanol–water partition coefficient (Wildman–Crippen LogP) is 1.84. The fourth-order valence-corrected chi connectivity index (χ4v) is 1.73. The van der Waals surface area contributed by atoms with E-state index in [9.17, 15) is 4.79 Å². The Hall–Kier alpha value is -2.03. The topological polar surface area (TPSA) is 42.9 Å². The van der Waals surface area contributed by atoms with Crippen molar-refractivity contribution in [2.24, 2.45) is 0 Å². The fourth-order valence-electron chi connectivity index (χ4n) is 1.73. The lowest BCUT2D eigenvalue weighted by atomic mass is 9.97. The van der Waals surface area contributed by atoms with Crippen LogP contribution in [-0.4, -0.2) is 16.0 Å². The number of ketones is 1. The first-order valence-electron chi connectivity index (χ1n) is 4.33. The van der Waals surface area contributed by atoms with E-state index in [0.29, 0.717) is 0 Å². The summed E-state index contributed by atoms with van der Waals surface area (Å²) in [6.45, 7) is 0. The molecule has 0 atom stereocenters. The van der Waals surface area contributed by atoms with Gasteiger partial charge in [-0.05, 0) is 12.2 Å². The van der Waals surface area contributed by atoms with Crippen LogP contribution in [-0.2, 0) is 0 Å². The second-order valence-corrected chi connectivity index (χ2v) is 3.20. The van der Waals surface area contributed by atoms with Crippen molar-refractivity contribution in [1.82, 2.24) is 10.2 Å². The number of carbonyl (C=O) groups is 1. The van der Waals surface area contributed by atoms with Crippen molar-refractivity contribution in [1.29, 1.82) is 0 Å². The van der Waals surface area contributed by atoms with E-state index in [1.165, 1.54) is 6.08 Å². The van der Waals surface area contributed by atoms with Crippen molar-refractivity contribution < 1.29 is 4.79 Å². The number of hydrogen-bond donors (Lipinski definition) is 0. The summed E-state index contributed by atoms with van der Waals surface area (Å²) >= 11 is 0. The highest BCUT2D eigenvalue weighted by atomic mass is 16.1. The molecule has 3 nitrogen and oxygen atoms in total. The van der Waals surface area contributed by atoms with Gasteiger partial charge in [0, 0.05) is 16.3 Å². The zero-order chi connectivity index (χ0) is 9.54. The van der Waals surface area contributed by atoms with Crippen molar-refractivity contribution in [3.05, 3.63) is 41.7 Å². The van der Waals surface area contributed by atoms with Gasteiger partial charge in [-0.3, -0.25) is 4.79 Å². The Morgan fingerprint density at radius 2 is 2.07 bits per heavy atom. The maximum Gasteiger partial charge on any atom is 0.186 e. The third-order valence-electron chi connectivity index (χ3n) is 2.37. The molecule has 0 saturated heterocycles. The summed E-state index contributed by atoms with van der Waals surface area (Å²) in [5, 5.41) is 9.73. The first-order valence-corrected chi connectivity index (χ1v) is 4.33. The summed E-state index contributed by atoms with van der Waals surface area (Å²) in [5.41, 5.74) is 1.49. The van der Waals surface area contributed by atoms with Crippen molar-refractivity contribution in [3.63, 3.8) is 0 Å². The molecule has 1 aliphatic rings. The molecule has 2 aromatic rings. The largest absolute Gasteiger partial charge is 0.289 e. The molecule has 1 aliphatic carbocycles. The molecule has 0 saturated carbocycles. The summed E-state index contributed by atoms with van der Waals surface area (Å²) in [7, 11) is 0. The standard InChI is InChI=1S/C11H6N2O/c14-10-5-4-9-11-7(6-12-13-9)2-1-3-8(10)11/h1-6H. The minimum Gasteiger partial charge on any atom is -0.289 e. The van der Waals surface area contributed by atoms with Crippen LogP contribution in [0.4, 0.5) is 0 Å². The third-order valence-corrected chi connectivity index (χ3v) is 2.37. The van der Waals surface area contributed by atoms with Crippen molar-refractivity contribution in [2.45, 2.75) is 0 Å². The number of hydrogen-bond acceptors (Lipinski definition) is 3. The van der Waals surface area contributed by atoms with Crippen LogP contribution in [0, 0.1) is 0 Å². The zero-order valence-electron chi connectivity index (χ0n) is 7.27. The Balaban J connectivity index is 2.58. The van der Waals surface area contributed by atoms with E-state index in [2.05, 4.69) is 10.2 Å². The van der Waals surface area contributed by atoms with E-state index >= 15 is 0 Å². The van der Waals surface area contributed by atoms with Crippen LogP contribution in [0.2, 0.25) is 0 Å². The summed E-state index contributed by atoms with van der Waals surface area (Å²) in [4.78, 5) is 11.5. The van der Waals surface area contributed by atoms with Gasteiger partial charge < -0.3 is 0 Å². The Bertz CT molecular complexity index is 567. The third kappa shape index (κ3) is 0.836. The molecule has 0 unspecified atom stereocenters. The smallest absolute Gasteiger partial charge is 0.186 e. The molecule has 14 heavy (non-hydrogen) atoms. The van der Waals surface area contributed by atoms with E-state index in [1.54, 1.807) is 12.3 Å². The SMILES string of the molecule is O=C1C=Cc2nncc3cccc1c23. The molecule has 0 spiro atoms. The number of benzene rings is 1. The lowest BCUT2D eigenvalue weighted by Crippen LogP contribution is -2.03. The number of nitrogens with zero attached hydrogens (tertiary/aromatic N) is 2. The van der Waals surface area contributed by atoms with Gasteiger partial charge in [0.05, 0.1) is 11.9 Å². The molecule has 3 heteroatoms. The van der Waals surface area contributed by atoms with Crippen LogP contribution < -0.4 is 0 Å². The molecule has 1 heterocycles. The predicted molar refractivity (Wildman–Crippen MR) is 52.9 cm³/mol. The van der Waals surface area contributed by atoms with Crippen molar-refractivity contribution in [2.75, 3.05) is 0 Å². The Morgan fingerprint density at radius 1 is 1.14 bits per heavy atom. The molecule has 0 radical (unpaired) electrons. The molecule has 66 valence electrons. The van der Waals surface area contributed by atoms with Gasteiger partial charge in [-0.1, -0.05) is 18.2 Å². The van der Waals surface area contributed by atoms with Crippen molar-refractivity contribution >= 4 is 22.6 Å². The van der Waals surface area contributed by atoms with Crippen LogP contribution in [0.1, 0.15) is 16.1 Å². The Morgan fingerprint density at radius 3 is 3.00 bits per heavy atom. The fraction of sp³-hybridized carbons (Fsp3) is 0. The quantitative estimate of drug-likeness (QED) is 0.624. The molecule has 0 aliphatic heterocycles. The summed E-state index contributed by atoms with van der Waals surface area (Å²) in [5.74, 6) is 0.0381. The Kier molecular flexibility index (Phi) is 1.31. The molecular weight excluding hydrogens is 176 g/mol. The molecule has 1 aromatic heterocycles. The van der Waals surface area contributed by atoms with E-state index in [1.807, 2.05) is 18.2 Å². The zero-order valence-corrected chi connectivity index (χ0v) is 7.27. The van der Waals surface area contributed by atoms with Gasteiger partial charge in [-0.15, -0.1) is 0 Å². The first kappa shape index (κ1) is 7.38. The summed E-state index contributed by atoms with van der Waals surface area (Å²) in [6, 6.07) is 5.61. The van der Waals surface area contributed by atoms with Gasteiger partial charge in [-0.25, -0.2) is 0 Å². The van der Waals surface area contributed by atoms with Gasteiger partial charge in [0.15, 0.2) is 5.78 Å². The van der Waals surface area contributed by atoms with E-state index in [4.69, 9.17) is 0 Å². The Labute approximate surface area is 80.1 Å². The normalized spacial score (nSPS) is 13.6. The maximum atomic E-state index is 11.5. The molecular formula is C11H6N2O. The molecule has 0 fully saturated rings. The number of allylic oxidation sites excluding steroid dienone is 1. The van der Waals surface area contributed by atoms with Gasteiger partial charge in [0.25, 0.3) is 0 Å². The van der Waals surface area contributed by atoms with Gasteiger partial charge in [-0.2, -0.15) is 10.2 Å². The lowest BCUT2D eigenvalue weighted by Gasteiger charge is -2.08. The average molecular weight is 182 g/mol. The van der Waals surface area contributed by atoms with Crippen LogP contribution in [0.3, 0.4) is 0 Å². The van der Waals surface area contributed by atoms with E-state index in [-0.39, 0.29) is 5.78 Å². The minimum atomic E-state index is 0.0381. The average Bonchev–Trinajstić information content (AvgIpc) is 2.24. The first-order chi connectivity index (χ1) is 6.86.